The summed E-state index contributed by atoms with van der Waals surface area (Å²) in [6, 6.07) is 8.89. The van der Waals surface area contributed by atoms with Gasteiger partial charge in [-0.05, 0) is 30.4 Å². The van der Waals surface area contributed by atoms with Crippen molar-refractivity contribution in [2.75, 3.05) is 18.4 Å². The maximum Gasteiger partial charge on any atom is 0.271 e. The molecule has 26 heavy (non-hydrogen) atoms. The Kier molecular flexibility index (Phi) is 5.35. The zero-order valence-electron chi connectivity index (χ0n) is 13.7. The Morgan fingerprint density at radius 3 is 2.81 bits per heavy atom. The van der Waals surface area contributed by atoms with E-state index in [1.165, 1.54) is 22.5 Å². The molecular formula is C16H17N3O5S2. The number of nitrogens with zero attached hydrogens (tertiary/aromatic N) is 2. The first-order valence-corrected chi connectivity index (χ1v) is 10.3. The molecule has 1 aliphatic heterocycles. The van der Waals surface area contributed by atoms with Gasteiger partial charge in [0.2, 0.25) is 5.91 Å². The van der Waals surface area contributed by atoms with Gasteiger partial charge < -0.3 is 5.32 Å². The fourth-order valence-corrected chi connectivity index (χ4v) is 5.52. The molecule has 3 rings (SSSR count). The number of nitro groups is 1. The number of non-ortho nitro benzene ring substituents is 1. The summed E-state index contributed by atoms with van der Waals surface area (Å²) < 4.78 is 26.8. The molecule has 138 valence electrons. The molecular weight excluding hydrogens is 378 g/mol. The molecule has 2 aromatic rings. The minimum atomic E-state index is -3.59. The van der Waals surface area contributed by atoms with Crippen molar-refractivity contribution < 1.29 is 18.1 Å². The lowest BCUT2D eigenvalue weighted by atomic mass is 9.98. The van der Waals surface area contributed by atoms with Crippen LogP contribution in [0.3, 0.4) is 0 Å². The van der Waals surface area contributed by atoms with Gasteiger partial charge in [0.25, 0.3) is 15.7 Å². The van der Waals surface area contributed by atoms with Crippen LogP contribution in [0.15, 0.2) is 46.0 Å². The standard InChI is InChI=1S/C16H17N3O5S2/c20-16(17-13-5-1-6-14(10-13)19(21)22)12-4-2-8-18(11-12)26(23,24)15-7-3-9-25-15/h1,3,5-7,9-10,12H,2,4,8,11H2,(H,17,20)/t12-/m1/s1. The van der Waals surface area contributed by atoms with E-state index in [0.29, 0.717) is 25.1 Å². The highest BCUT2D eigenvalue weighted by molar-refractivity contribution is 7.91. The molecule has 0 spiro atoms. The highest BCUT2D eigenvalue weighted by Gasteiger charge is 2.33. The number of nitro benzene ring substituents is 1. The lowest BCUT2D eigenvalue weighted by Crippen LogP contribution is -2.43. The normalized spacial score (nSPS) is 18.4. The van der Waals surface area contributed by atoms with Crippen molar-refractivity contribution in [3.63, 3.8) is 0 Å². The van der Waals surface area contributed by atoms with Gasteiger partial charge >= 0.3 is 0 Å². The van der Waals surface area contributed by atoms with E-state index in [1.807, 2.05) is 0 Å². The summed E-state index contributed by atoms with van der Waals surface area (Å²) in [6.45, 7) is 0.474. The average Bonchev–Trinajstić information content (AvgIpc) is 3.17. The van der Waals surface area contributed by atoms with Gasteiger partial charge in [-0.2, -0.15) is 4.31 Å². The van der Waals surface area contributed by atoms with Gasteiger partial charge in [0.1, 0.15) is 4.21 Å². The monoisotopic (exact) mass is 395 g/mol. The van der Waals surface area contributed by atoms with Crippen LogP contribution in [0.5, 0.6) is 0 Å². The number of rotatable bonds is 5. The maximum absolute atomic E-state index is 12.6. The van der Waals surface area contributed by atoms with Gasteiger partial charge in [0, 0.05) is 30.9 Å². The molecule has 0 bridgehead atoms. The number of piperidine rings is 1. The Bertz CT molecular complexity index is 912. The maximum atomic E-state index is 12.6. The van der Waals surface area contributed by atoms with E-state index in [0.717, 1.165) is 11.3 Å². The van der Waals surface area contributed by atoms with Gasteiger partial charge in [-0.15, -0.1) is 11.3 Å². The number of nitrogens with one attached hydrogen (secondary N) is 1. The van der Waals surface area contributed by atoms with Crippen LogP contribution in [0.1, 0.15) is 12.8 Å². The molecule has 1 N–H and O–H groups in total. The van der Waals surface area contributed by atoms with Gasteiger partial charge in [-0.1, -0.05) is 12.1 Å². The minimum absolute atomic E-state index is 0.0982. The minimum Gasteiger partial charge on any atom is -0.326 e. The zero-order valence-corrected chi connectivity index (χ0v) is 15.3. The van der Waals surface area contributed by atoms with E-state index in [1.54, 1.807) is 23.6 Å². The Labute approximate surface area is 154 Å². The van der Waals surface area contributed by atoms with Crippen LogP contribution < -0.4 is 5.32 Å². The molecule has 0 unspecified atom stereocenters. The number of sulfonamides is 1. The Morgan fingerprint density at radius 2 is 2.12 bits per heavy atom. The van der Waals surface area contributed by atoms with E-state index in [9.17, 15) is 23.3 Å². The van der Waals surface area contributed by atoms with Crippen LogP contribution in [-0.4, -0.2) is 36.6 Å². The van der Waals surface area contributed by atoms with Crippen molar-refractivity contribution in [1.29, 1.82) is 0 Å². The molecule has 1 atom stereocenters. The average molecular weight is 395 g/mol. The molecule has 10 heteroatoms. The van der Waals surface area contributed by atoms with Gasteiger partial charge in [-0.25, -0.2) is 8.42 Å². The molecule has 1 saturated heterocycles. The number of thiophene rings is 1. The second kappa shape index (κ2) is 7.52. The molecule has 1 fully saturated rings. The Balaban J connectivity index is 1.70. The van der Waals surface area contributed by atoms with Crippen LogP contribution in [-0.2, 0) is 14.8 Å². The Hall–Kier alpha value is -2.30. The predicted molar refractivity (Wildman–Crippen MR) is 97.5 cm³/mol. The molecule has 0 saturated carbocycles. The van der Waals surface area contributed by atoms with Gasteiger partial charge in [-0.3, -0.25) is 14.9 Å². The lowest BCUT2D eigenvalue weighted by molar-refractivity contribution is -0.384. The van der Waals surface area contributed by atoms with Crippen LogP contribution in [0.4, 0.5) is 11.4 Å². The first kappa shape index (κ1) is 18.5. The van der Waals surface area contributed by atoms with Crippen molar-refractivity contribution in [3.05, 3.63) is 51.9 Å². The van der Waals surface area contributed by atoms with E-state index in [2.05, 4.69) is 5.32 Å². The first-order valence-electron chi connectivity index (χ1n) is 7.97. The summed E-state index contributed by atoms with van der Waals surface area (Å²) in [6.07, 6.45) is 1.15. The summed E-state index contributed by atoms with van der Waals surface area (Å²) in [5, 5.41) is 15.2. The van der Waals surface area contributed by atoms with E-state index >= 15 is 0 Å². The summed E-state index contributed by atoms with van der Waals surface area (Å²) in [5.41, 5.74) is 0.204. The topological polar surface area (TPSA) is 110 Å². The van der Waals surface area contributed by atoms with Crippen molar-refractivity contribution in [3.8, 4) is 0 Å². The SMILES string of the molecule is O=C(Nc1cccc([N+](=O)[O-])c1)[C@@H]1CCCN(S(=O)(=O)c2cccs2)C1. The number of anilines is 1. The number of amides is 1. The zero-order chi connectivity index (χ0) is 18.7. The third-order valence-electron chi connectivity index (χ3n) is 4.17. The van der Waals surface area contributed by atoms with Crippen molar-refractivity contribution >= 4 is 38.6 Å². The Morgan fingerprint density at radius 1 is 1.31 bits per heavy atom. The van der Waals surface area contributed by atoms with Crippen LogP contribution >= 0.6 is 11.3 Å². The van der Waals surface area contributed by atoms with Crippen LogP contribution in [0.25, 0.3) is 0 Å². The number of hydrogen-bond donors (Lipinski definition) is 1. The fraction of sp³-hybridized carbons (Fsp3) is 0.312. The van der Waals surface area contributed by atoms with E-state index in [4.69, 9.17) is 0 Å². The molecule has 2 heterocycles. The summed E-state index contributed by atoms with van der Waals surface area (Å²) in [7, 11) is -3.59. The predicted octanol–water partition coefficient (Wildman–Crippen LogP) is 2.70. The fourth-order valence-electron chi connectivity index (χ4n) is 2.85. The third-order valence-corrected chi connectivity index (χ3v) is 7.41. The van der Waals surface area contributed by atoms with E-state index in [-0.39, 0.29) is 22.3 Å². The molecule has 1 aromatic carbocycles. The third kappa shape index (κ3) is 3.92. The number of hydrogen-bond acceptors (Lipinski definition) is 6. The molecule has 8 nitrogen and oxygen atoms in total. The van der Waals surface area contributed by atoms with Crippen molar-refractivity contribution in [2.45, 2.75) is 17.1 Å². The molecule has 0 aliphatic carbocycles. The van der Waals surface area contributed by atoms with Crippen LogP contribution in [0.2, 0.25) is 0 Å². The summed E-state index contributed by atoms with van der Waals surface area (Å²) in [4.78, 5) is 22.8. The van der Waals surface area contributed by atoms with Crippen molar-refractivity contribution in [2.24, 2.45) is 5.92 Å². The summed E-state index contributed by atoms with van der Waals surface area (Å²) in [5.74, 6) is -0.839. The highest BCUT2D eigenvalue weighted by Crippen LogP contribution is 2.27. The number of carbonyl (C=O) groups is 1. The molecule has 1 aromatic heterocycles. The first-order chi connectivity index (χ1) is 12.4. The number of benzene rings is 1. The second-order valence-corrected chi connectivity index (χ2v) is 9.04. The largest absolute Gasteiger partial charge is 0.326 e. The molecule has 1 aliphatic rings. The quantitative estimate of drug-likeness (QED) is 0.618. The molecule has 1 amide bonds. The van der Waals surface area contributed by atoms with Gasteiger partial charge in [0.15, 0.2) is 0 Å². The highest BCUT2D eigenvalue weighted by atomic mass is 32.2. The smallest absolute Gasteiger partial charge is 0.271 e. The van der Waals surface area contributed by atoms with Gasteiger partial charge in [0.05, 0.1) is 10.8 Å². The summed E-state index contributed by atoms with van der Waals surface area (Å²) >= 11 is 1.15. The van der Waals surface area contributed by atoms with Crippen molar-refractivity contribution in [1.82, 2.24) is 4.31 Å². The number of carbonyl (C=O) groups excluding carboxylic acids is 1. The molecule has 0 radical (unpaired) electrons. The second-order valence-electron chi connectivity index (χ2n) is 5.93. The van der Waals surface area contributed by atoms with Crippen LogP contribution in [0, 0.1) is 16.0 Å². The van der Waals surface area contributed by atoms with E-state index < -0.39 is 20.9 Å². The lowest BCUT2D eigenvalue weighted by Gasteiger charge is -2.30.